The van der Waals surface area contributed by atoms with E-state index in [1.54, 1.807) is 36.2 Å². The molecule has 1 N–H and O–H groups in total. The fourth-order valence-electron chi connectivity index (χ4n) is 2.49. The number of carbonyl (C=O) groups is 2. The first-order valence-electron chi connectivity index (χ1n) is 8.67. The molecule has 0 unspecified atom stereocenters. The molecule has 0 saturated heterocycles. The monoisotopic (exact) mass is 359 g/mol. The normalized spacial score (nSPS) is 10.4. The molecule has 0 aliphatic rings. The summed E-state index contributed by atoms with van der Waals surface area (Å²) < 4.78 is 10.5. The first-order chi connectivity index (χ1) is 12.5. The van der Waals surface area contributed by atoms with Crippen LogP contribution in [0.15, 0.2) is 34.9 Å². The molecule has 0 atom stereocenters. The van der Waals surface area contributed by atoms with Crippen molar-refractivity contribution < 1.29 is 18.8 Å². The number of aryl methyl sites for hydroxylation is 1. The maximum absolute atomic E-state index is 12.3. The number of nitrogens with one attached hydrogen (secondary N) is 1. The lowest BCUT2D eigenvalue weighted by molar-refractivity contribution is -0.130. The Morgan fingerprint density at radius 3 is 2.77 bits per heavy atom. The second kappa shape index (κ2) is 9.60. The summed E-state index contributed by atoms with van der Waals surface area (Å²) in [5.41, 5.74) is 1.22. The van der Waals surface area contributed by atoms with Crippen molar-refractivity contribution in [1.82, 2.24) is 15.4 Å². The smallest absolute Gasteiger partial charge is 0.255 e. The summed E-state index contributed by atoms with van der Waals surface area (Å²) in [5, 5.41) is 6.71. The van der Waals surface area contributed by atoms with E-state index in [0.29, 0.717) is 43.9 Å². The van der Waals surface area contributed by atoms with Crippen LogP contribution >= 0.6 is 0 Å². The lowest BCUT2D eigenvalue weighted by atomic mass is 10.2. The molecule has 0 radical (unpaired) electrons. The van der Waals surface area contributed by atoms with Crippen LogP contribution in [-0.2, 0) is 11.3 Å². The highest BCUT2D eigenvalue weighted by atomic mass is 16.5. The predicted molar refractivity (Wildman–Crippen MR) is 96.9 cm³/mol. The average molecular weight is 359 g/mol. The largest absolute Gasteiger partial charge is 0.493 e. The SMILES string of the molecule is CCOc1ccccc1C(=O)NCCCC(=O)N(C)Cc1cc(C)on1. The van der Waals surface area contributed by atoms with Crippen LogP contribution in [0.5, 0.6) is 5.75 Å². The molecule has 7 nitrogen and oxygen atoms in total. The number of hydrogen-bond donors (Lipinski definition) is 1. The van der Waals surface area contributed by atoms with E-state index in [9.17, 15) is 9.59 Å². The molecule has 1 heterocycles. The fourth-order valence-corrected chi connectivity index (χ4v) is 2.49. The standard InChI is InChI=1S/C19H25N3O4/c1-4-25-17-9-6-5-8-16(17)19(24)20-11-7-10-18(23)22(3)13-15-12-14(2)26-21-15/h5-6,8-9,12H,4,7,10-11,13H2,1-3H3,(H,20,24). The molecule has 0 spiro atoms. The Hall–Kier alpha value is -2.83. The third-order valence-electron chi connectivity index (χ3n) is 3.79. The van der Waals surface area contributed by atoms with Gasteiger partial charge in [0, 0.05) is 26.1 Å². The van der Waals surface area contributed by atoms with E-state index in [1.807, 2.05) is 19.9 Å². The number of amides is 2. The van der Waals surface area contributed by atoms with Crippen molar-refractivity contribution in [3.63, 3.8) is 0 Å². The van der Waals surface area contributed by atoms with Gasteiger partial charge in [-0.1, -0.05) is 17.3 Å². The highest BCUT2D eigenvalue weighted by molar-refractivity contribution is 5.96. The maximum atomic E-state index is 12.3. The summed E-state index contributed by atoms with van der Waals surface area (Å²) in [4.78, 5) is 26.0. The van der Waals surface area contributed by atoms with Crippen LogP contribution in [0.3, 0.4) is 0 Å². The molecule has 0 aliphatic heterocycles. The second-order valence-corrected chi connectivity index (χ2v) is 5.97. The van der Waals surface area contributed by atoms with Crippen molar-refractivity contribution in [3.05, 3.63) is 47.3 Å². The summed E-state index contributed by atoms with van der Waals surface area (Å²) in [5.74, 6) is 1.07. The van der Waals surface area contributed by atoms with E-state index < -0.39 is 0 Å². The molecule has 7 heteroatoms. The highest BCUT2D eigenvalue weighted by Gasteiger charge is 2.13. The number of carbonyl (C=O) groups excluding carboxylic acids is 2. The van der Waals surface area contributed by atoms with E-state index in [0.717, 1.165) is 11.5 Å². The van der Waals surface area contributed by atoms with Gasteiger partial charge in [0.2, 0.25) is 5.91 Å². The zero-order chi connectivity index (χ0) is 18.9. The Balaban J connectivity index is 1.74. The van der Waals surface area contributed by atoms with E-state index in [-0.39, 0.29) is 11.8 Å². The summed E-state index contributed by atoms with van der Waals surface area (Å²) in [6.07, 6.45) is 0.907. The van der Waals surface area contributed by atoms with Crippen molar-refractivity contribution >= 4 is 11.8 Å². The van der Waals surface area contributed by atoms with Gasteiger partial charge >= 0.3 is 0 Å². The van der Waals surface area contributed by atoms with Gasteiger partial charge in [-0.3, -0.25) is 9.59 Å². The van der Waals surface area contributed by atoms with E-state index in [4.69, 9.17) is 9.26 Å². The molecule has 140 valence electrons. The highest BCUT2D eigenvalue weighted by Crippen LogP contribution is 2.17. The zero-order valence-corrected chi connectivity index (χ0v) is 15.4. The summed E-state index contributed by atoms with van der Waals surface area (Å²) >= 11 is 0. The molecule has 2 amide bonds. The predicted octanol–water partition coefficient (Wildman–Crippen LogP) is 2.55. The van der Waals surface area contributed by atoms with Crippen LogP contribution in [0.1, 0.15) is 41.6 Å². The molecule has 2 rings (SSSR count). The number of nitrogens with zero attached hydrogens (tertiary/aromatic N) is 2. The molecule has 26 heavy (non-hydrogen) atoms. The van der Waals surface area contributed by atoms with Gasteiger partial charge in [-0.25, -0.2) is 0 Å². The lowest BCUT2D eigenvalue weighted by Gasteiger charge is -2.15. The topological polar surface area (TPSA) is 84.7 Å². The van der Waals surface area contributed by atoms with E-state index in [2.05, 4.69) is 10.5 Å². The van der Waals surface area contributed by atoms with Gasteiger partial charge in [-0.05, 0) is 32.4 Å². The average Bonchev–Trinajstić information content (AvgIpc) is 3.03. The van der Waals surface area contributed by atoms with Crippen LogP contribution < -0.4 is 10.1 Å². The van der Waals surface area contributed by atoms with Crippen molar-refractivity contribution in [2.45, 2.75) is 33.2 Å². The van der Waals surface area contributed by atoms with Gasteiger partial charge in [-0.15, -0.1) is 0 Å². The minimum Gasteiger partial charge on any atom is -0.493 e. The van der Waals surface area contributed by atoms with E-state index >= 15 is 0 Å². The molecule has 1 aromatic carbocycles. The Morgan fingerprint density at radius 1 is 1.31 bits per heavy atom. The van der Waals surface area contributed by atoms with Gasteiger partial charge in [-0.2, -0.15) is 0 Å². The second-order valence-electron chi connectivity index (χ2n) is 5.97. The molecule has 2 aromatic rings. The summed E-state index contributed by atoms with van der Waals surface area (Å²) in [7, 11) is 1.73. The van der Waals surface area contributed by atoms with Gasteiger partial charge < -0.3 is 19.5 Å². The first-order valence-corrected chi connectivity index (χ1v) is 8.67. The van der Waals surface area contributed by atoms with Crippen LogP contribution in [0.2, 0.25) is 0 Å². The van der Waals surface area contributed by atoms with Crippen molar-refractivity contribution in [1.29, 1.82) is 0 Å². The number of benzene rings is 1. The molecule has 1 aromatic heterocycles. The number of hydrogen-bond acceptors (Lipinski definition) is 5. The quantitative estimate of drug-likeness (QED) is 0.696. The molecular formula is C19H25N3O4. The van der Waals surface area contributed by atoms with Gasteiger partial charge in [0.15, 0.2) is 0 Å². The Labute approximate surface area is 153 Å². The molecule has 0 aliphatic carbocycles. The first kappa shape index (κ1) is 19.5. The third kappa shape index (κ3) is 5.61. The van der Waals surface area contributed by atoms with Crippen molar-refractivity contribution in [2.75, 3.05) is 20.2 Å². The maximum Gasteiger partial charge on any atom is 0.255 e. The summed E-state index contributed by atoms with van der Waals surface area (Å²) in [6.45, 7) is 5.00. The number of ether oxygens (including phenoxy) is 1. The summed E-state index contributed by atoms with van der Waals surface area (Å²) in [6, 6.07) is 8.91. The number of rotatable bonds is 9. The van der Waals surface area contributed by atoms with Crippen LogP contribution in [0.4, 0.5) is 0 Å². The zero-order valence-electron chi connectivity index (χ0n) is 15.4. The Bertz CT molecular complexity index is 742. The van der Waals surface area contributed by atoms with Gasteiger partial charge in [0.1, 0.15) is 17.2 Å². The number of aromatic nitrogens is 1. The van der Waals surface area contributed by atoms with Gasteiger partial charge in [0.05, 0.1) is 18.7 Å². The molecular weight excluding hydrogens is 334 g/mol. The fraction of sp³-hybridized carbons (Fsp3) is 0.421. The third-order valence-corrected chi connectivity index (χ3v) is 3.79. The van der Waals surface area contributed by atoms with Crippen LogP contribution in [0.25, 0.3) is 0 Å². The van der Waals surface area contributed by atoms with Crippen LogP contribution in [0, 0.1) is 6.92 Å². The Morgan fingerprint density at radius 2 is 2.08 bits per heavy atom. The molecule has 0 saturated carbocycles. The lowest BCUT2D eigenvalue weighted by Crippen LogP contribution is -2.29. The minimum absolute atomic E-state index is 0.00498. The van der Waals surface area contributed by atoms with E-state index in [1.165, 1.54) is 0 Å². The van der Waals surface area contributed by atoms with Crippen molar-refractivity contribution in [2.24, 2.45) is 0 Å². The molecule has 0 bridgehead atoms. The molecule has 0 fully saturated rings. The van der Waals surface area contributed by atoms with Crippen molar-refractivity contribution in [3.8, 4) is 5.75 Å². The minimum atomic E-state index is -0.201. The van der Waals surface area contributed by atoms with Crippen LogP contribution in [-0.4, -0.2) is 42.1 Å². The van der Waals surface area contributed by atoms with Gasteiger partial charge in [0.25, 0.3) is 5.91 Å². The Kier molecular flexibility index (Phi) is 7.20. The number of para-hydroxylation sites is 1.